The predicted octanol–water partition coefficient (Wildman–Crippen LogP) is 1.35. The zero-order chi connectivity index (χ0) is 14.5. The van der Waals surface area contributed by atoms with Crippen LogP contribution in [-0.4, -0.2) is 33.1 Å². The number of nitrogens with two attached hydrogens (primary N) is 1. The molecule has 0 saturated carbocycles. The average molecular weight is 291 g/mol. The minimum Gasteiger partial charge on any atom is -0.381 e. The van der Waals surface area contributed by atoms with E-state index in [1.165, 1.54) is 11.5 Å². The minimum absolute atomic E-state index is 0.271. The van der Waals surface area contributed by atoms with Crippen molar-refractivity contribution in [3.63, 3.8) is 0 Å². The van der Waals surface area contributed by atoms with Crippen LogP contribution in [0.1, 0.15) is 30.4 Å². The number of hydrogen-bond donors (Lipinski definition) is 2. The lowest BCUT2D eigenvalue weighted by molar-refractivity contribution is 0.762. The van der Waals surface area contributed by atoms with Crippen molar-refractivity contribution in [1.82, 2.24) is 19.6 Å². The van der Waals surface area contributed by atoms with Crippen molar-refractivity contribution in [3.05, 3.63) is 17.1 Å². The van der Waals surface area contributed by atoms with Crippen LogP contribution in [0.25, 0.3) is 0 Å². The molecular formula is C12H17N7S. The molecule has 2 rings (SSSR count). The Morgan fingerprint density at radius 2 is 2.30 bits per heavy atom. The summed E-state index contributed by atoms with van der Waals surface area (Å²) in [6.07, 6.45) is 2.47. The van der Waals surface area contributed by atoms with Crippen molar-refractivity contribution in [2.45, 2.75) is 26.2 Å². The first kappa shape index (κ1) is 14.3. The fourth-order valence-corrected chi connectivity index (χ4v) is 2.57. The number of nitrogen functional groups attached to an aromatic ring is 1. The highest BCUT2D eigenvalue weighted by Crippen LogP contribution is 2.17. The van der Waals surface area contributed by atoms with Crippen LogP contribution in [-0.2, 0) is 12.8 Å². The first-order chi connectivity index (χ1) is 9.65. The van der Waals surface area contributed by atoms with Crippen molar-refractivity contribution in [2.24, 2.45) is 0 Å². The zero-order valence-corrected chi connectivity index (χ0v) is 12.4. The highest BCUT2D eigenvalue weighted by atomic mass is 32.1. The Morgan fingerprint density at radius 1 is 1.50 bits per heavy atom. The molecule has 0 aliphatic heterocycles. The van der Waals surface area contributed by atoms with Gasteiger partial charge in [-0.3, -0.25) is 5.10 Å². The standard InChI is InChI=1S/C12H17N7S/c1-3-10-15-12(20-18-10)19(2)6-4-5-9-8(7-13)11(14)17-16-9/h3-6H2,1-2H3,(H3,14,16,17). The molecule has 0 aliphatic rings. The Morgan fingerprint density at radius 3 is 2.95 bits per heavy atom. The molecule has 20 heavy (non-hydrogen) atoms. The van der Waals surface area contributed by atoms with Crippen molar-refractivity contribution >= 4 is 22.5 Å². The van der Waals surface area contributed by atoms with E-state index < -0.39 is 0 Å². The van der Waals surface area contributed by atoms with Gasteiger partial charge in [0.25, 0.3) is 0 Å². The summed E-state index contributed by atoms with van der Waals surface area (Å²) in [7, 11) is 1.99. The average Bonchev–Trinajstić information content (AvgIpc) is 3.05. The molecule has 0 fully saturated rings. The lowest BCUT2D eigenvalue weighted by atomic mass is 10.1. The number of anilines is 2. The molecule has 2 aromatic heterocycles. The van der Waals surface area contributed by atoms with E-state index in [4.69, 9.17) is 11.0 Å². The summed E-state index contributed by atoms with van der Waals surface area (Å²) in [5.41, 5.74) is 6.85. The van der Waals surface area contributed by atoms with Gasteiger partial charge in [0.1, 0.15) is 17.5 Å². The minimum atomic E-state index is 0.271. The first-order valence-corrected chi connectivity index (χ1v) is 7.19. The summed E-state index contributed by atoms with van der Waals surface area (Å²) in [6, 6.07) is 2.07. The van der Waals surface area contributed by atoms with Crippen LogP contribution >= 0.6 is 11.5 Å². The van der Waals surface area contributed by atoms with E-state index in [0.29, 0.717) is 5.56 Å². The van der Waals surface area contributed by atoms with Gasteiger partial charge in [-0.15, -0.1) is 0 Å². The molecular weight excluding hydrogens is 274 g/mol. The summed E-state index contributed by atoms with van der Waals surface area (Å²) in [4.78, 5) is 6.51. The maximum absolute atomic E-state index is 8.99. The van der Waals surface area contributed by atoms with Gasteiger partial charge < -0.3 is 10.6 Å². The SMILES string of the molecule is CCc1nsc(N(C)CCCc2[nH]nc(N)c2C#N)n1. The molecule has 7 nitrogen and oxygen atoms in total. The van der Waals surface area contributed by atoms with Crippen LogP contribution in [0.5, 0.6) is 0 Å². The third-order valence-corrected chi connectivity index (χ3v) is 3.87. The number of hydrogen-bond acceptors (Lipinski definition) is 7. The number of aromatic amines is 1. The first-order valence-electron chi connectivity index (χ1n) is 6.42. The van der Waals surface area contributed by atoms with Crippen LogP contribution < -0.4 is 10.6 Å². The molecule has 3 N–H and O–H groups in total. The molecule has 0 spiro atoms. The third-order valence-electron chi connectivity index (χ3n) is 3.00. The second-order valence-corrected chi connectivity index (χ2v) is 5.18. The number of nitrogens with zero attached hydrogens (tertiary/aromatic N) is 5. The molecule has 0 atom stereocenters. The molecule has 0 aromatic carbocycles. The number of nitriles is 1. The molecule has 8 heteroatoms. The zero-order valence-electron chi connectivity index (χ0n) is 11.6. The van der Waals surface area contributed by atoms with Crippen molar-refractivity contribution in [1.29, 1.82) is 5.26 Å². The molecule has 2 aromatic rings. The summed E-state index contributed by atoms with van der Waals surface area (Å²) in [5.74, 6) is 1.15. The largest absolute Gasteiger partial charge is 0.381 e. The number of rotatable bonds is 6. The molecule has 106 valence electrons. The van der Waals surface area contributed by atoms with Gasteiger partial charge in [0.15, 0.2) is 5.82 Å². The summed E-state index contributed by atoms with van der Waals surface area (Å²) in [5, 5.41) is 16.6. The Labute approximate surface area is 121 Å². The monoisotopic (exact) mass is 291 g/mol. The van der Waals surface area contributed by atoms with Crippen LogP contribution in [0, 0.1) is 11.3 Å². The highest BCUT2D eigenvalue weighted by molar-refractivity contribution is 7.09. The van der Waals surface area contributed by atoms with E-state index in [1.54, 1.807) is 0 Å². The molecule has 2 heterocycles. The quantitative estimate of drug-likeness (QED) is 0.831. The lowest BCUT2D eigenvalue weighted by Gasteiger charge is -2.14. The van der Waals surface area contributed by atoms with E-state index >= 15 is 0 Å². The van der Waals surface area contributed by atoms with Crippen molar-refractivity contribution < 1.29 is 0 Å². The lowest BCUT2D eigenvalue weighted by Crippen LogP contribution is -2.19. The summed E-state index contributed by atoms with van der Waals surface area (Å²) >= 11 is 1.41. The molecule has 0 saturated heterocycles. The maximum Gasteiger partial charge on any atom is 0.204 e. The fraction of sp³-hybridized carbons (Fsp3) is 0.500. The smallest absolute Gasteiger partial charge is 0.204 e. The Balaban J connectivity index is 1.88. The van der Waals surface area contributed by atoms with E-state index in [2.05, 4.69) is 30.5 Å². The molecule has 0 radical (unpaired) electrons. The van der Waals surface area contributed by atoms with Gasteiger partial charge in [0.05, 0.1) is 5.69 Å². The summed E-state index contributed by atoms with van der Waals surface area (Å²) in [6.45, 7) is 2.88. The van der Waals surface area contributed by atoms with Crippen LogP contribution in [0.15, 0.2) is 0 Å². The second-order valence-electron chi connectivity index (χ2n) is 4.45. The van der Waals surface area contributed by atoms with Gasteiger partial charge in [-0.1, -0.05) is 6.92 Å². The van der Waals surface area contributed by atoms with E-state index in [9.17, 15) is 0 Å². The number of nitrogens with one attached hydrogen (secondary N) is 1. The van der Waals surface area contributed by atoms with E-state index in [0.717, 1.165) is 42.5 Å². The Hall–Kier alpha value is -2.14. The van der Waals surface area contributed by atoms with Crippen LogP contribution in [0.4, 0.5) is 10.9 Å². The highest BCUT2D eigenvalue weighted by Gasteiger charge is 2.11. The van der Waals surface area contributed by atoms with Crippen LogP contribution in [0.3, 0.4) is 0 Å². The molecule has 0 amide bonds. The van der Waals surface area contributed by atoms with Gasteiger partial charge in [-0.25, -0.2) is 4.98 Å². The molecule has 0 unspecified atom stereocenters. The second kappa shape index (κ2) is 6.34. The Kier molecular flexibility index (Phi) is 4.53. The van der Waals surface area contributed by atoms with Crippen LogP contribution in [0.2, 0.25) is 0 Å². The number of aromatic nitrogens is 4. The number of aryl methyl sites for hydroxylation is 2. The summed E-state index contributed by atoms with van der Waals surface area (Å²) < 4.78 is 4.27. The van der Waals surface area contributed by atoms with Crippen molar-refractivity contribution in [3.8, 4) is 6.07 Å². The number of H-pyrrole nitrogens is 1. The normalized spacial score (nSPS) is 10.4. The van der Waals surface area contributed by atoms with Gasteiger partial charge in [0, 0.05) is 31.5 Å². The van der Waals surface area contributed by atoms with Gasteiger partial charge in [-0.2, -0.15) is 14.7 Å². The molecule has 0 aliphatic carbocycles. The Bertz CT molecular complexity index is 610. The maximum atomic E-state index is 8.99. The predicted molar refractivity (Wildman–Crippen MR) is 78.6 cm³/mol. The van der Waals surface area contributed by atoms with Gasteiger partial charge >= 0.3 is 0 Å². The topological polar surface area (TPSA) is 108 Å². The van der Waals surface area contributed by atoms with E-state index in [-0.39, 0.29) is 5.82 Å². The molecule has 0 bridgehead atoms. The van der Waals surface area contributed by atoms with Gasteiger partial charge in [0.2, 0.25) is 5.13 Å². The fourth-order valence-electron chi connectivity index (χ4n) is 1.83. The third kappa shape index (κ3) is 3.05. The van der Waals surface area contributed by atoms with Gasteiger partial charge in [-0.05, 0) is 12.8 Å². The van der Waals surface area contributed by atoms with Crippen molar-refractivity contribution in [2.75, 3.05) is 24.2 Å². The van der Waals surface area contributed by atoms with E-state index in [1.807, 2.05) is 14.0 Å².